The summed E-state index contributed by atoms with van der Waals surface area (Å²) < 4.78 is 0. The molecule has 0 saturated carbocycles. The van der Waals surface area contributed by atoms with Crippen molar-refractivity contribution in [3.63, 3.8) is 0 Å². The second-order valence-electron chi connectivity index (χ2n) is 7.86. The van der Waals surface area contributed by atoms with E-state index in [1.54, 1.807) is 0 Å². The van der Waals surface area contributed by atoms with E-state index in [0.717, 1.165) is 47.2 Å². The summed E-state index contributed by atoms with van der Waals surface area (Å²) in [6.45, 7) is 2.04. The summed E-state index contributed by atoms with van der Waals surface area (Å²) in [4.78, 5) is 7.99. The number of rotatable bonds is 6. The highest BCUT2D eigenvalue weighted by atomic mass is 14.9. The van der Waals surface area contributed by atoms with Crippen molar-refractivity contribution in [3.8, 4) is 0 Å². The number of hydrogen-bond donors (Lipinski definition) is 2. The highest BCUT2D eigenvalue weighted by Crippen LogP contribution is 2.27. The van der Waals surface area contributed by atoms with Gasteiger partial charge in [-0.05, 0) is 67.6 Å². The summed E-state index contributed by atoms with van der Waals surface area (Å²) in [6.07, 6.45) is 5.46. The zero-order chi connectivity index (χ0) is 20.3. The Hall–Kier alpha value is -3.59. The fraction of sp³-hybridized carbons (Fsp3) is 0.148. The number of nitrogens with zero attached hydrogens (tertiary/aromatic N) is 1. The molecule has 2 aromatic heterocycles. The van der Waals surface area contributed by atoms with Crippen LogP contribution in [-0.2, 0) is 12.8 Å². The Morgan fingerprint density at radius 2 is 1.60 bits per heavy atom. The highest BCUT2D eigenvalue weighted by Gasteiger charge is 2.05. The Balaban J connectivity index is 1.25. The van der Waals surface area contributed by atoms with Crippen LogP contribution in [0.25, 0.3) is 21.8 Å². The first-order chi connectivity index (χ1) is 14.8. The van der Waals surface area contributed by atoms with Crippen molar-refractivity contribution >= 4 is 33.2 Å². The lowest BCUT2D eigenvalue weighted by Crippen LogP contribution is -1.95. The minimum absolute atomic E-state index is 1.02. The van der Waals surface area contributed by atoms with E-state index in [1.165, 1.54) is 22.0 Å². The average molecular weight is 392 g/mol. The van der Waals surface area contributed by atoms with Gasteiger partial charge in [0.15, 0.2) is 0 Å². The number of anilines is 2. The predicted molar refractivity (Wildman–Crippen MR) is 127 cm³/mol. The minimum Gasteiger partial charge on any atom is -0.361 e. The quantitative estimate of drug-likeness (QED) is 0.329. The number of para-hydroxylation sites is 2. The van der Waals surface area contributed by atoms with Crippen molar-refractivity contribution < 1.29 is 0 Å². The van der Waals surface area contributed by atoms with Crippen molar-refractivity contribution in [1.82, 2.24) is 9.97 Å². The van der Waals surface area contributed by atoms with E-state index in [1.807, 2.05) is 13.0 Å². The van der Waals surface area contributed by atoms with E-state index in [0.29, 0.717) is 0 Å². The van der Waals surface area contributed by atoms with Crippen molar-refractivity contribution in [2.45, 2.75) is 26.2 Å². The molecule has 0 bridgehead atoms. The molecular formula is C27H25N3. The third-order valence-corrected chi connectivity index (χ3v) is 5.66. The monoisotopic (exact) mass is 391 g/mol. The molecule has 0 amide bonds. The number of fused-ring (bicyclic) bond motifs is 2. The SMILES string of the molecule is Cc1cc(Nc2ccc(CCCc3c[nH]c4ccccc34)cc2)c2ccccc2n1. The Morgan fingerprint density at radius 1 is 0.833 bits per heavy atom. The molecule has 0 unspecified atom stereocenters. The van der Waals surface area contributed by atoms with Crippen LogP contribution in [0.2, 0.25) is 0 Å². The van der Waals surface area contributed by atoms with Crippen LogP contribution in [0.4, 0.5) is 11.4 Å². The van der Waals surface area contributed by atoms with Crippen molar-refractivity contribution in [3.05, 3.63) is 102 Å². The average Bonchev–Trinajstić information content (AvgIpc) is 3.18. The van der Waals surface area contributed by atoms with Crippen LogP contribution >= 0.6 is 0 Å². The van der Waals surface area contributed by atoms with Crippen LogP contribution in [-0.4, -0.2) is 9.97 Å². The van der Waals surface area contributed by atoms with Gasteiger partial charge < -0.3 is 10.3 Å². The van der Waals surface area contributed by atoms with E-state index in [4.69, 9.17) is 0 Å². The maximum atomic E-state index is 4.62. The van der Waals surface area contributed by atoms with Gasteiger partial charge in [0.05, 0.1) is 5.52 Å². The molecule has 0 aliphatic rings. The van der Waals surface area contributed by atoms with Crippen LogP contribution in [0.5, 0.6) is 0 Å². The lowest BCUT2D eigenvalue weighted by atomic mass is 10.0. The molecular weight excluding hydrogens is 366 g/mol. The smallest absolute Gasteiger partial charge is 0.0726 e. The number of benzene rings is 3. The number of aromatic nitrogens is 2. The standard InChI is InChI=1S/C27H25N3/c1-19-17-27(24-10-3-5-12-26(24)29-19)30-22-15-13-20(14-16-22)7-6-8-21-18-28-25-11-4-2-9-23(21)25/h2-5,9-18,28H,6-8H2,1H3,(H,29,30). The lowest BCUT2D eigenvalue weighted by molar-refractivity contribution is 0.825. The summed E-state index contributed by atoms with van der Waals surface area (Å²) in [5, 5.41) is 6.06. The first-order valence-electron chi connectivity index (χ1n) is 10.5. The zero-order valence-electron chi connectivity index (χ0n) is 17.2. The molecule has 0 aliphatic carbocycles. The van der Waals surface area contributed by atoms with Gasteiger partial charge in [-0.2, -0.15) is 0 Å². The Morgan fingerprint density at radius 3 is 2.47 bits per heavy atom. The normalized spacial score (nSPS) is 11.2. The number of nitrogens with one attached hydrogen (secondary N) is 2. The summed E-state index contributed by atoms with van der Waals surface area (Å²) >= 11 is 0. The number of H-pyrrole nitrogens is 1. The number of hydrogen-bond acceptors (Lipinski definition) is 2. The van der Waals surface area contributed by atoms with Crippen LogP contribution in [0.1, 0.15) is 23.2 Å². The first-order valence-corrected chi connectivity index (χ1v) is 10.5. The van der Waals surface area contributed by atoms with E-state index in [-0.39, 0.29) is 0 Å². The Labute approximate surface area is 176 Å². The minimum atomic E-state index is 1.02. The molecule has 0 aliphatic heterocycles. The summed E-state index contributed by atoms with van der Waals surface area (Å²) in [5.41, 5.74) is 8.25. The molecule has 0 atom stereocenters. The predicted octanol–water partition coefficient (Wildman–Crippen LogP) is 6.94. The maximum Gasteiger partial charge on any atom is 0.0726 e. The molecule has 0 radical (unpaired) electrons. The Bertz CT molecular complexity index is 1300. The summed E-state index contributed by atoms with van der Waals surface area (Å²) in [6, 6.07) is 27.7. The van der Waals surface area contributed by atoms with Gasteiger partial charge in [-0.1, -0.05) is 48.5 Å². The van der Waals surface area contributed by atoms with Gasteiger partial charge in [-0.15, -0.1) is 0 Å². The van der Waals surface area contributed by atoms with Crippen molar-refractivity contribution in [1.29, 1.82) is 0 Å². The van der Waals surface area contributed by atoms with Crippen molar-refractivity contribution in [2.75, 3.05) is 5.32 Å². The molecule has 2 heterocycles. The molecule has 0 fully saturated rings. The molecule has 3 heteroatoms. The largest absolute Gasteiger partial charge is 0.361 e. The van der Waals surface area contributed by atoms with Gasteiger partial charge in [0.25, 0.3) is 0 Å². The molecule has 148 valence electrons. The highest BCUT2D eigenvalue weighted by molar-refractivity contribution is 5.93. The van der Waals surface area contributed by atoms with Gasteiger partial charge in [0, 0.05) is 39.6 Å². The van der Waals surface area contributed by atoms with Crippen LogP contribution in [0.3, 0.4) is 0 Å². The number of aryl methyl sites for hydroxylation is 3. The second-order valence-corrected chi connectivity index (χ2v) is 7.86. The second kappa shape index (κ2) is 8.03. The van der Waals surface area contributed by atoms with E-state index in [9.17, 15) is 0 Å². The lowest BCUT2D eigenvalue weighted by Gasteiger charge is -2.11. The van der Waals surface area contributed by atoms with E-state index >= 15 is 0 Å². The van der Waals surface area contributed by atoms with E-state index in [2.05, 4.69) is 94.3 Å². The number of aromatic amines is 1. The molecule has 0 spiro atoms. The molecule has 5 aromatic rings. The number of pyridine rings is 1. The topological polar surface area (TPSA) is 40.7 Å². The molecule has 30 heavy (non-hydrogen) atoms. The Kier molecular flexibility index (Phi) is 4.94. The third-order valence-electron chi connectivity index (χ3n) is 5.66. The van der Waals surface area contributed by atoms with E-state index < -0.39 is 0 Å². The third kappa shape index (κ3) is 3.79. The molecule has 3 nitrogen and oxygen atoms in total. The summed E-state index contributed by atoms with van der Waals surface area (Å²) in [5.74, 6) is 0. The fourth-order valence-electron chi connectivity index (χ4n) is 4.14. The van der Waals surface area contributed by atoms with Gasteiger partial charge in [-0.3, -0.25) is 4.98 Å². The fourth-order valence-corrected chi connectivity index (χ4v) is 4.14. The first kappa shape index (κ1) is 18.4. The maximum absolute atomic E-state index is 4.62. The molecule has 5 rings (SSSR count). The van der Waals surface area contributed by atoms with Gasteiger partial charge in [0.2, 0.25) is 0 Å². The van der Waals surface area contributed by atoms with Gasteiger partial charge in [-0.25, -0.2) is 0 Å². The van der Waals surface area contributed by atoms with Crippen molar-refractivity contribution in [2.24, 2.45) is 0 Å². The zero-order valence-corrected chi connectivity index (χ0v) is 17.2. The van der Waals surface area contributed by atoms with Crippen LogP contribution < -0.4 is 5.32 Å². The van der Waals surface area contributed by atoms with Crippen LogP contribution in [0, 0.1) is 6.92 Å². The molecule has 2 N–H and O–H groups in total. The molecule has 3 aromatic carbocycles. The van der Waals surface area contributed by atoms with Crippen LogP contribution in [0.15, 0.2) is 85.1 Å². The summed E-state index contributed by atoms with van der Waals surface area (Å²) in [7, 11) is 0. The molecule has 0 saturated heterocycles. The van der Waals surface area contributed by atoms with Gasteiger partial charge in [0.1, 0.15) is 0 Å². The van der Waals surface area contributed by atoms with Gasteiger partial charge >= 0.3 is 0 Å².